The van der Waals surface area contributed by atoms with Crippen molar-refractivity contribution in [3.63, 3.8) is 0 Å². The van der Waals surface area contributed by atoms with Gasteiger partial charge in [0.25, 0.3) is 0 Å². The van der Waals surface area contributed by atoms with E-state index in [0.29, 0.717) is 5.69 Å². The molecule has 5 heteroatoms. The highest BCUT2D eigenvalue weighted by Crippen LogP contribution is 2.37. The monoisotopic (exact) mass is 333 g/mol. The Morgan fingerprint density at radius 1 is 1.08 bits per heavy atom. The highest BCUT2D eigenvalue weighted by molar-refractivity contribution is 6.06. The molecule has 1 aromatic heterocycles. The number of rotatable bonds is 2. The summed E-state index contributed by atoms with van der Waals surface area (Å²) in [6.45, 7) is 2.04. The van der Waals surface area contributed by atoms with Crippen molar-refractivity contribution in [1.29, 1.82) is 0 Å². The summed E-state index contributed by atoms with van der Waals surface area (Å²) in [5.74, 6) is -0.797. The number of nitrogen functional groups attached to an aromatic ring is 1. The molecule has 2 N–H and O–H groups in total. The van der Waals surface area contributed by atoms with Gasteiger partial charge in [0.2, 0.25) is 11.8 Å². The van der Waals surface area contributed by atoms with Gasteiger partial charge in [-0.05, 0) is 36.8 Å². The van der Waals surface area contributed by atoms with Gasteiger partial charge in [-0.25, -0.2) is 0 Å². The maximum Gasteiger partial charge on any atom is 0.238 e. The number of imide groups is 1. The topological polar surface area (TPSA) is 68.3 Å². The third kappa shape index (κ3) is 2.23. The van der Waals surface area contributed by atoms with Gasteiger partial charge in [0.05, 0.1) is 22.8 Å². The van der Waals surface area contributed by atoms with Crippen molar-refractivity contribution in [1.82, 2.24) is 9.47 Å². The molecule has 1 unspecified atom stereocenters. The van der Waals surface area contributed by atoms with E-state index in [-0.39, 0.29) is 18.2 Å². The number of para-hydroxylation sites is 2. The number of hydrogen-bond acceptors (Lipinski definition) is 3. The number of benzene rings is 2. The number of carbonyl (C=O) groups is 2. The third-order valence-electron chi connectivity index (χ3n) is 5.01. The molecular weight excluding hydrogens is 314 g/mol. The zero-order valence-corrected chi connectivity index (χ0v) is 14.2. The molecule has 1 atom stereocenters. The van der Waals surface area contributed by atoms with Gasteiger partial charge in [0.15, 0.2) is 0 Å². The minimum Gasteiger partial charge on any atom is -0.397 e. The maximum absolute atomic E-state index is 12.6. The molecular formula is C20H19N3O2. The summed E-state index contributed by atoms with van der Waals surface area (Å²) in [5.41, 5.74) is 10.6. The lowest BCUT2D eigenvalue weighted by atomic mass is 10.0. The van der Waals surface area contributed by atoms with Crippen LogP contribution in [0.15, 0.2) is 48.5 Å². The summed E-state index contributed by atoms with van der Waals surface area (Å²) in [6, 6.07) is 15.6. The number of fused-ring (bicyclic) bond motifs is 1. The Morgan fingerprint density at radius 3 is 2.52 bits per heavy atom. The summed E-state index contributed by atoms with van der Waals surface area (Å²) in [7, 11) is 1.54. The van der Waals surface area contributed by atoms with E-state index in [1.165, 1.54) is 4.90 Å². The van der Waals surface area contributed by atoms with E-state index in [1.807, 2.05) is 60.0 Å². The lowest BCUT2D eigenvalue weighted by Crippen LogP contribution is -2.25. The molecule has 0 saturated carbocycles. The van der Waals surface area contributed by atoms with Gasteiger partial charge in [-0.15, -0.1) is 0 Å². The second-order valence-corrected chi connectivity index (χ2v) is 6.52. The smallest absolute Gasteiger partial charge is 0.238 e. The van der Waals surface area contributed by atoms with Crippen LogP contribution >= 0.6 is 0 Å². The predicted molar refractivity (Wildman–Crippen MR) is 97.6 cm³/mol. The first-order valence-electron chi connectivity index (χ1n) is 8.25. The number of likely N-dealkylation sites (tertiary alicyclic amines) is 1. The van der Waals surface area contributed by atoms with Crippen molar-refractivity contribution < 1.29 is 9.59 Å². The third-order valence-corrected chi connectivity index (χ3v) is 5.01. The minimum atomic E-state index is -0.482. The number of likely N-dealkylation sites (N-methyl/N-ethyl adjacent to an activating group) is 1. The lowest BCUT2D eigenvalue weighted by molar-refractivity contribution is -0.137. The Bertz CT molecular complexity index is 1020. The molecule has 25 heavy (non-hydrogen) atoms. The highest BCUT2D eigenvalue weighted by atomic mass is 16.2. The fourth-order valence-corrected chi connectivity index (χ4v) is 3.60. The van der Waals surface area contributed by atoms with E-state index in [4.69, 9.17) is 5.73 Å². The quantitative estimate of drug-likeness (QED) is 0.579. The first-order chi connectivity index (χ1) is 12.0. The average Bonchev–Trinajstić information content (AvgIpc) is 3.09. The van der Waals surface area contributed by atoms with Crippen LogP contribution in [0.4, 0.5) is 5.69 Å². The van der Waals surface area contributed by atoms with Crippen LogP contribution in [0.5, 0.6) is 0 Å². The zero-order valence-electron chi connectivity index (χ0n) is 14.2. The molecule has 126 valence electrons. The van der Waals surface area contributed by atoms with Crippen molar-refractivity contribution in [2.45, 2.75) is 19.3 Å². The molecule has 0 radical (unpaired) electrons. The van der Waals surface area contributed by atoms with Gasteiger partial charge in [-0.3, -0.25) is 14.5 Å². The second kappa shape index (κ2) is 5.48. The van der Waals surface area contributed by atoms with Crippen molar-refractivity contribution >= 4 is 28.4 Å². The first kappa shape index (κ1) is 15.4. The van der Waals surface area contributed by atoms with Crippen LogP contribution in [0.2, 0.25) is 0 Å². The van der Waals surface area contributed by atoms with Crippen LogP contribution in [-0.4, -0.2) is 28.3 Å². The Kier molecular flexibility index (Phi) is 3.39. The van der Waals surface area contributed by atoms with Crippen LogP contribution in [0.25, 0.3) is 16.6 Å². The number of nitrogens with zero attached hydrogens (tertiary/aromatic N) is 2. The summed E-state index contributed by atoms with van der Waals surface area (Å²) < 4.78 is 2.02. The summed E-state index contributed by atoms with van der Waals surface area (Å²) in [6.07, 6.45) is 0.192. The lowest BCUT2D eigenvalue weighted by Gasteiger charge is -2.16. The van der Waals surface area contributed by atoms with E-state index in [9.17, 15) is 9.59 Å². The molecule has 3 aromatic rings. The number of anilines is 1. The molecule has 1 fully saturated rings. The molecule has 0 aliphatic carbocycles. The molecule has 1 aliphatic rings. The van der Waals surface area contributed by atoms with Crippen LogP contribution in [0, 0.1) is 6.92 Å². The number of carbonyl (C=O) groups excluding carboxylic acids is 2. The van der Waals surface area contributed by atoms with Crippen molar-refractivity contribution in [3.05, 3.63) is 59.8 Å². The fourth-order valence-electron chi connectivity index (χ4n) is 3.60. The van der Waals surface area contributed by atoms with Gasteiger partial charge in [-0.1, -0.05) is 24.3 Å². The summed E-state index contributed by atoms with van der Waals surface area (Å²) in [4.78, 5) is 25.9. The largest absolute Gasteiger partial charge is 0.397 e. The SMILES string of the molecule is Cc1cccc2c1cc(C1CC(=O)N(C)C1=O)n2-c1ccccc1N. The molecule has 2 heterocycles. The Morgan fingerprint density at radius 2 is 1.84 bits per heavy atom. The average molecular weight is 333 g/mol. The van der Waals surface area contributed by atoms with Gasteiger partial charge < -0.3 is 10.3 Å². The van der Waals surface area contributed by atoms with Gasteiger partial charge in [0, 0.05) is 24.5 Å². The van der Waals surface area contributed by atoms with E-state index >= 15 is 0 Å². The number of hydrogen-bond donors (Lipinski definition) is 1. The minimum absolute atomic E-state index is 0.149. The van der Waals surface area contributed by atoms with Gasteiger partial charge >= 0.3 is 0 Å². The molecule has 0 spiro atoms. The second-order valence-electron chi connectivity index (χ2n) is 6.52. The Hall–Kier alpha value is -3.08. The Labute approximate surface area is 145 Å². The van der Waals surface area contributed by atoms with Crippen molar-refractivity contribution in [2.75, 3.05) is 12.8 Å². The molecule has 0 bridgehead atoms. The molecule has 2 aromatic carbocycles. The van der Waals surface area contributed by atoms with Crippen LogP contribution < -0.4 is 5.73 Å². The molecule has 1 saturated heterocycles. The number of amides is 2. The van der Waals surface area contributed by atoms with Gasteiger partial charge in [0.1, 0.15) is 0 Å². The zero-order chi connectivity index (χ0) is 17.7. The molecule has 4 rings (SSSR count). The molecule has 2 amide bonds. The van der Waals surface area contributed by atoms with Crippen LogP contribution in [0.1, 0.15) is 23.6 Å². The normalized spacial score (nSPS) is 17.7. The number of aryl methyl sites for hydroxylation is 1. The number of nitrogens with two attached hydrogens (primary N) is 1. The van der Waals surface area contributed by atoms with E-state index in [1.54, 1.807) is 7.05 Å². The first-order valence-corrected chi connectivity index (χ1v) is 8.25. The van der Waals surface area contributed by atoms with E-state index in [2.05, 4.69) is 0 Å². The fraction of sp³-hybridized carbons (Fsp3) is 0.200. The van der Waals surface area contributed by atoms with Crippen molar-refractivity contribution in [3.8, 4) is 5.69 Å². The number of aromatic nitrogens is 1. The standard InChI is InChI=1S/C20H19N3O2/c1-12-6-5-9-16-13(12)10-18(14-11-19(24)22(2)20(14)25)23(16)17-8-4-3-7-15(17)21/h3-10,14H,11,21H2,1-2H3. The molecule has 1 aliphatic heterocycles. The maximum atomic E-state index is 12.6. The summed E-state index contributed by atoms with van der Waals surface area (Å²) >= 11 is 0. The predicted octanol–water partition coefficient (Wildman–Crippen LogP) is 2.99. The van der Waals surface area contributed by atoms with Crippen LogP contribution in [-0.2, 0) is 9.59 Å². The van der Waals surface area contributed by atoms with Gasteiger partial charge in [-0.2, -0.15) is 0 Å². The summed E-state index contributed by atoms with van der Waals surface area (Å²) in [5, 5.41) is 1.07. The van der Waals surface area contributed by atoms with Crippen LogP contribution in [0.3, 0.4) is 0 Å². The highest BCUT2D eigenvalue weighted by Gasteiger charge is 2.39. The van der Waals surface area contributed by atoms with Crippen molar-refractivity contribution in [2.24, 2.45) is 0 Å². The molecule has 5 nitrogen and oxygen atoms in total. The van der Waals surface area contributed by atoms with E-state index in [0.717, 1.165) is 27.8 Å². The van der Waals surface area contributed by atoms with E-state index < -0.39 is 5.92 Å². The Balaban J connectivity index is 2.03.